The second-order valence-electron chi connectivity index (χ2n) is 4.39. The molecule has 3 N–H and O–H groups in total. The van der Waals surface area contributed by atoms with E-state index in [1.54, 1.807) is 13.0 Å². The van der Waals surface area contributed by atoms with Gasteiger partial charge in [-0.2, -0.15) is 0 Å². The summed E-state index contributed by atoms with van der Waals surface area (Å²) in [6, 6.07) is 3.51. The summed E-state index contributed by atoms with van der Waals surface area (Å²) in [6.07, 6.45) is 0.410. The molecule has 1 amide bonds. The van der Waals surface area contributed by atoms with Crippen LogP contribution in [-0.2, 0) is 9.53 Å². The Hall–Kier alpha value is -1.46. The van der Waals surface area contributed by atoms with Crippen molar-refractivity contribution in [2.45, 2.75) is 13.3 Å². The van der Waals surface area contributed by atoms with Crippen LogP contribution in [0.25, 0.3) is 0 Å². The van der Waals surface area contributed by atoms with Crippen LogP contribution >= 0.6 is 11.6 Å². The van der Waals surface area contributed by atoms with Crippen molar-refractivity contribution in [3.05, 3.63) is 17.2 Å². The summed E-state index contributed by atoms with van der Waals surface area (Å²) in [5.74, 6) is -0.0698. The molecule has 0 saturated carbocycles. The second-order valence-corrected chi connectivity index (χ2v) is 4.80. The fourth-order valence-electron chi connectivity index (χ4n) is 1.99. The van der Waals surface area contributed by atoms with Crippen LogP contribution in [-0.4, -0.2) is 32.2 Å². The first-order chi connectivity index (χ1) is 9.11. The van der Waals surface area contributed by atoms with Crippen molar-refractivity contribution in [3.63, 3.8) is 0 Å². The summed E-state index contributed by atoms with van der Waals surface area (Å²) >= 11 is 6.10. The Balaban J connectivity index is 2.27. The lowest BCUT2D eigenvalue weighted by atomic mass is 10.2. The number of hydrogen-bond acceptors (Lipinski definition) is 4. The van der Waals surface area contributed by atoms with Gasteiger partial charge in [-0.3, -0.25) is 4.79 Å². The SMILES string of the molecule is CCC(=O)Nc1cc(N2CCOCC2)c(N)cc1Cl. The van der Waals surface area contributed by atoms with Crippen molar-refractivity contribution in [2.75, 3.05) is 42.3 Å². The zero-order valence-electron chi connectivity index (χ0n) is 10.9. The number of nitrogens with two attached hydrogens (primary N) is 1. The first-order valence-electron chi connectivity index (χ1n) is 6.33. The number of benzene rings is 1. The van der Waals surface area contributed by atoms with Crippen LogP contribution in [0, 0.1) is 0 Å². The van der Waals surface area contributed by atoms with E-state index in [0.717, 1.165) is 18.8 Å². The maximum absolute atomic E-state index is 11.5. The topological polar surface area (TPSA) is 67.6 Å². The minimum Gasteiger partial charge on any atom is -0.397 e. The third kappa shape index (κ3) is 3.30. The fraction of sp³-hybridized carbons (Fsp3) is 0.462. The average molecular weight is 284 g/mol. The molecule has 1 heterocycles. The molecule has 5 nitrogen and oxygen atoms in total. The molecule has 1 aromatic rings. The smallest absolute Gasteiger partial charge is 0.224 e. The van der Waals surface area contributed by atoms with E-state index in [-0.39, 0.29) is 5.91 Å². The lowest BCUT2D eigenvalue weighted by Gasteiger charge is -2.30. The van der Waals surface area contributed by atoms with E-state index in [2.05, 4.69) is 10.2 Å². The van der Waals surface area contributed by atoms with Gasteiger partial charge >= 0.3 is 0 Å². The minimum atomic E-state index is -0.0698. The number of amides is 1. The summed E-state index contributed by atoms with van der Waals surface area (Å²) in [5.41, 5.74) is 8.11. The molecular formula is C13H18ClN3O2. The van der Waals surface area contributed by atoms with Gasteiger partial charge in [0.25, 0.3) is 0 Å². The van der Waals surface area contributed by atoms with Gasteiger partial charge in [-0.1, -0.05) is 18.5 Å². The number of rotatable bonds is 3. The molecule has 1 fully saturated rings. The zero-order chi connectivity index (χ0) is 13.8. The normalized spacial score (nSPS) is 15.4. The molecule has 0 aromatic heterocycles. The van der Waals surface area contributed by atoms with Crippen LogP contribution in [0.5, 0.6) is 0 Å². The number of carbonyl (C=O) groups excluding carboxylic acids is 1. The Morgan fingerprint density at radius 2 is 2.16 bits per heavy atom. The Morgan fingerprint density at radius 1 is 1.47 bits per heavy atom. The Kier molecular flexibility index (Phi) is 4.50. The molecular weight excluding hydrogens is 266 g/mol. The van der Waals surface area contributed by atoms with Crippen LogP contribution in [0.15, 0.2) is 12.1 Å². The van der Waals surface area contributed by atoms with E-state index in [1.807, 2.05) is 6.07 Å². The van der Waals surface area contributed by atoms with Gasteiger partial charge in [0.1, 0.15) is 0 Å². The number of hydrogen-bond donors (Lipinski definition) is 2. The van der Waals surface area contributed by atoms with Crippen molar-refractivity contribution in [1.29, 1.82) is 0 Å². The standard InChI is InChI=1S/C13H18ClN3O2/c1-2-13(18)16-11-8-12(10(15)7-9(11)14)17-3-5-19-6-4-17/h7-8H,2-6,15H2,1H3,(H,16,18). The third-order valence-electron chi connectivity index (χ3n) is 3.06. The zero-order valence-corrected chi connectivity index (χ0v) is 11.7. The number of carbonyl (C=O) groups is 1. The van der Waals surface area contributed by atoms with Gasteiger partial charge in [-0.15, -0.1) is 0 Å². The monoisotopic (exact) mass is 283 g/mol. The molecule has 0 aliphatic carbocycles. The van der Waals surface area contributed by atoms with Crippen LogP contribution in [0.3, 0.4) is 0 Å². The highest BCUT2D eigenvalue weighted by atomic mass is 35.5. The molecule has 0 unspecified atom stereocenters. The van der Waals surface area contributed by atoms with Gasteiger partial charge in [-0.25, -0.2) is 0 Å². The van der Waals surface area contributed by atoms with E-state index in [1.165, 1.54) is 0 Å². The molecule has 0 spiro atoms. The maximum atomic E-state index is 11.5. The largest absolute Gasteiger partial charge is 0.397 e. The molecule has 19 heavy (non-hydrogen) atoms. The number of anilines is 3. The van der Waals surface area contributed by atoms with Gasteiger partial charge in [0, 0.05) is 19.5 Å². The van der Waals surface area contributed by atoms with Crippen molar-refractivity contribution >= 4 is 34.6 Å². The summed E-state index contributed by atoms with van der Waals surface area (Å²) in [5, 5.41) is 3.24. The number of nitrogens with zero attached hydrogens (tertiary/aromatic N) is 1. The summed E-state index contributed by atoms with van der Waals surface area (Å²) in [6.45, 7) is 4.72. The van der Waals surface area contributed by atoms with E-state index in [0.29, 0.717) is 36.0 Å². The van der Waals surface area contributed by atoms with Gasteiger partial charge in [0.2, 0.25) is 5.91 Å². The van der Waals surface area contributed by atoms with E-state index in [4.69, 9.17) is 22.1 Å². The predicted molar refractivity (Wildman–Crippen MR) is 77.8 cm³/mol. The van der Waals surface area contributed by atoms with Crippen LogP contribution < -0.4 is 16.0 Å². The van der Waals surface area contributed by atoms with Gasteiger partial charge in [-0.05, 0) is 12.1 Å². The molecule has 2 rings (SSSR count). The maximum Gasteiger partial charge on any atom is 0.224 e. The Labute approximate surface area is 117 Å². The molecule has 0 atom stereocenters. The number of nitrogen functional groups attached to an aromatic ring is 1. The summed E-state index contributed by atoms with van der Waals surface area (Å²) < 4.78 is 5.32. The van der Waals surface area contributed by atoms with Crippen molar-refractivity contribution < 1.29 is 9.53 Å². The molecule has 1 aliphatic rings. The quantitative estimate of drug-likeness (QED) is 0.834. The highest BCUT2D eigenvalue weighted by molar-refractivity contribution is 6.34. The first kappa shape index (κ1) is 14.0. The van der Waals surface area contributed by atoms with Gasteiger partial charge < -0.3 is 20.7 Å². The number of ether oxygens (including phenoxy) is 1. The highest BCUT2D eigenvalue weighted by Crippen LogP contribution is 2.33. The number of morpholine rings is 1. The Bertz CT molecular complexity index is 473. The van der Waals surface area contributed by atoms with Crippen molar-refractivity contribution in [2.24, 2.45) is 0 Å². The summed E-state index contributed by atoms with van der Waals surface area (Å²) in [4.78, 5) is 13.6. The highest BCUT2D eigenvalue weighted by Gasteiger charge is 2.16. The molecule has 0 radical (unpaired) electrons. The van der Waals surface area contributed by atoms with Crippen LogP contribution in [0.2, 0.25) is 5.02 Å². The number of halogens is 1. The lowest BCUT2D eigenvalue weighted by molar-refractivity contribution is -0.115. The van der Waals surface area contributed by atoms with E-state index < -0.39 is 0 Å². The first-order valence-corrected chi connectivity index (χ1v) is 6.71. The van der Waals surface area contributed by atoms with Gasteiger partial charge in [0.15, 0.2) is 0 Å². The molecule has 6 heteroatoms. The van der Waals surface area contributed by atoms with Crippen molar-refractivity contribution in [1.82, 2.24) is 0 Å². The van der Waals surface area contributed by atoms with Crippen LogP contribution in [0.4, 0.5) is 17.1 Å². The molecule has 0 bridgehead atoms. The van der Waals surface area contributed by atoms with E-state index >= 15 is 0 Å². The predicted octanol–water partition coefficient (Wildman–Crippen LogP) is 2.11. The minimum absolute atomic E-state index is 0.0698. The molecule has 104 valence electrons. The third-order valence-corrected chi connectivity index (χ3v) is 3.38. The average Bonchev–Trinajstić information content (AvgIpc) is 2.42. The molecule has 1 saturated heterocycles. The van der Waals surface area contributed by atoms with Crippen LogP contribution in [0.1, 0.15) is 13.3 Å². The number of nitrogens with one attached hydrogen (secondary N) is 1. The molecule has 1 aliphatic heterocycles. The van der Waals surface area contributed by atoms with Gasteiger partial charge in [0.05, 0.1) is 35.3 Å². The second kappa shape index (κ2) is 6.12. The molecule has 1 aromatic carbocycles. The Morgan fingerprint density at radius 3 is 2.79 bits per heavy atom. The van der Waals surface area contributed by atoms with E-state index in [9.17, 15) is 4.79 Å². The van der Waals surface area contributed by atoms with Crippen molar-refractivity contribution in [3.8, 4) is 0 Å². The summed E-state index contributed by atoms with van der Waals surface area (Å²) in [7, 11) is 0. The fourth-order valence-corrected chi connectivity index (χ4v) is 2.21. The lowest BCUT2D eigenvalue weighted by Crippen LogP contribution is -2.36.